The molecule has 0 amide bonds. The van der Waals surface area contributed by atoms with Crippen LogP contribution >= 0.6 is 0 Å². The van der Waals surface area contributed by atoms with Crippen LogP contribution in [0.4, 0.5) is 24.8 Å². The van der Waals surface area contributed by atoms with E-state index in [0.29, 0.717) is 37.4 Å². The Morgan fingerprint density at radius 2 is 1.97 bits per heavy atom. The summed E-state index contributed by atoms with van der Waals surface area (Å²) in [5.41, 5.74) is 1.35. The van der Waals surface area contributed by atoms with E-state index in [1.54, 1.807) is 26.3 Å². The monoisotopic (exact) mass is 483 g/mol. The third-order valence-corrected chi connectivity index (χ3v) is 7.15. The van der Waals surface area contributed by atoms with E-state index in [1.807, 2.05) is 32.3 Å². The fourth-order valence-corrected chi connectivity index (χ4v) is 5.00. The highest BCUT2D eigenvalue weighted by atomic mass is 19.4. The van der Waals surface area contributed by atoms with Crippen LogP contribution in [0.5, 0.6) is 0 Å². The van der Waals surface area contributed by atoms with Gasteiger partial charge < -0.3 is 9.88 Å². The van der Waals surface area contributed by atoms with Crippen molar-refractivity contribution in [2.75, 3.05) is 5.32 Å². The van der Waals surface area contributed by atoms with Crippen molar-refractivity contribution in [1.82, 2.24) is 39.3 Å². The van der Waals surface area contributed by atoms with Gasteiger partial charge in [-0.2, -0.15) is 23.4 Å². The lowest BCUT2D eigenvalue weighted by Crippen LogP contribution is -2.49. The van der Waals surface area contributed by atoms with Gasteiger partial charge in [-0.1, -0.05) is 6.42 Å². The Labute approximate surface area is 199 Å². The minimum Gasteiger partial charge on any atom is -0.325 e. The number of alkyl halides is 3. The van der Waals surface area contributed by atoms with Gasteiger partial charge in [-0.3, -0.25) is 4.68 Å². The number of nitrogens with zero attached hydrogens (tertiary/aromatic N) is 8. The molecular formula is C23H24F3N9. The van der Waals surface area contributed by atoms with Crippen LogP contribution in [0.15, 0.2) is 30.7 Å². The molecule has 0 saturated heterocycles. The molecule has 0 radical (unpaired) electrons. The topological polar surface area (TPSA) is 91.3 Å². The Kier molecular flexibility index (Phi) is 4.77. The molecule has 9 nitrogen and oxygen atoms in total. The maximum absolute atomic E-state index is 14.0. The second-order valence-corrected chi connectivity index (χ2v) is 9.29. The van der Waals surface area contributed by atoms with E-state index < -0.39 is 11.6 Å². The van der Waals surface area contributed by atoms with E-state index in [2.05, 4.69) is 25.6 Å². The fraction of sp³-hybridized carbons (Fsp3) is 0.435. The molecule has 4 aromatic heterocycles. The molecule has 1 aliphatic carbocycles. The third kappa shape index (κ3) is 3.34. The van der Waals surface area contributed by atoms with Gasteiger partial charge in [0.1, 0.15) is 22.9 Å². The number of fused-ring (bicyclic) bond motifs is 3. The maximum atomic E-state index is 14.0. The molecule has 1 fully saturated rings. The van der Waals surface area contributed by atoms with Crippen LogP contribution in [0.3, 0.4) is 0 Å². The summed E-state index contributed by atoms with van der Waals surface area (Å²) in [6, 6.07) is 3.73. The van der Waals surface area contributed by atoms with Gasteiger partial charge in [-0.05, 0) is 38.2 Å². The summed E-state index contributed by atoms with van der Waals surface area (Å²) in [6.07, 6.45) is 2.91. The molecule has 35 heavy (non-hydrogen) atoms. The molecule has 1 N–H and O–H groups in total. The largest absolute Gasteiger partial charge is 0.401 e. The van der Waals surface area contributed by atoms with E-state index in [-0.39, 0.29) is 18.7 Å². The molecule has 182 valence electrons. The molecule has 5 heterocycles. The van der Waals surface area contributed by atoms with Crippen molar-refractivity contribution in [3.63, 3.8) is 0 Å². The van der Waals surface area contributed by atoms with Crippen LogP contribution in [0.25, 0.3) is 17.1 Å². The smallest absolute Gasteiger partial charge is 0.325 e. The van der Waals surface area contributed by atoms with Crippen molar-refractivity contribution in [2.45, 2.75) is 57.2 Å². The molecule has 0 bridgehead atoms. The minimum absolute atomic E-state index is 0.0367. The molecule has 0 spiro atoms. The predicted octanol–water partition coefficient (Wildman–Crippen LogP) is 4.24. The van der Waals surface area contributed by atoms with Gasteiger partial charge in [-0.15, -0.1) is 10.2 Å². The van der Waals surface area contributed by atoms with Crippen LogP contribution in [0.2, 0.25) is 0 Å². The second-order valence-electron chi connectivity index (χ2n) is 9.29. The van der Waals surface area contributed by atoms with E-state index in [9.17, 15) is 13.2 Å². The molecule has 0 aromatic carbocycles. The zero-order valence-electron chi connectivity index (χ0n) is 19.3. The third-order valence-electron chi connectivity index (χ3n) is 7.15. The summed E-state index contributed by atoms with van der Waals surface area (Å²) in [4.78, 5) is 4.46. The Hall–Kier alpha value is -3.70. The zero-order valence-corrected chi connectivity index (χ0v) is 19.3. The summed E-state index contributed by atoms with van der Waals surface area (Å²) in [7, 11) is 1.83. The highest BCUT2D eigenvalue weighted by molar-refractivity contribution is 5.62. The maximum Gasteiger partial charge on any atom is 0.401 e. The number of aryl methyl sites for hydroxylation is 3. The first kappa shape index (κ1) is 21.8. The number of hydrogen-bond acceptors (Lipinski definition) is 6. The molecule has 1 aliphatic heterocycles. The average Bonchev–Trinajstić information content (AvgIpc) is 3.45. The van der Waals surface area contributed by atoms with Crippen molar-refractivity contribution in [1.29, 1.82) is 0 Å². The molecular weight excluding hydrogens is 459 g/mol. The van der Waals surface area contributed by atoms with E-state index in [4.69, 9.17) is 5.10 Å². The van der Waals surface area contributed by atoms with Crippen LogP contribution in [-0.4, -0.2) is 45.5 Å². The number of anilines is 2. The molecule has 1 saturated carbocycles. The molecule has 0 atom stereocenters. The van der Waals surface area contributed by atoms with Crippen molar-refractivity contribution in [3.8, 4) is 17.1 Å². The fourth-order valence-electron chi connectivity index (χ4n) is 5.00. The Morgan fingerprint density at radius 3 is 2.66 bits per heavy atom. The highest BCUT2D eigenvalue weighted by Crippen LogP contribution is 2.54. The van der Waals surface area contributed by atoms with Crippen molar-refractivity contribution in [2.24, 2.45) is 7.05 Å². The first-order chi connectivity index (χ1) is 16.8. The van der Waals surface area contributed by atoms with Gasteiger partial charge in [0, 0.05) is 38.1 Å². The standard InChI is InChI=1S/C23H24F3N9/c1-14-12-27-18(29-19-6-9-28-33(19)2)11-17(14)35-13-15-16(32-35)5-3-10-34-20(15)30-31-21(34)22(7-4-8-22)23(24,25)26/h6,9,11-13H,3-5,7-8,10H2,1-2H3,(H,27,29). The van der Waals surface area contributed by atoms with Gasteiger partial charge in [-0.25, -0.2) is 9.67 Å². The summed E-state index contributed by atoms with van der Waals surface area (Å²) in [5.74, 6) is 1.91. The van der Waals surface area contributed by atoms with Crippen LogP contribution in [0, 0.1) is 6.92 Å². The van der Waals surface area contributed by atoms with Gasteiger partial charge in [0.15, 0.2) is 5.82 Å². The van der Waals surface area contributed by atoms with Crippen LogP contribution in [-0.2, 0) is 25.4 Å². The summed E-state index contributed by atoms with van der Waals surface area (Å²) in [5, 5.41) is 20.5. The second kappa shape index (κ2) is 7.65. The zero-order chi connectivity index (χ0) is 24.4. The molecule has 6 rings (SSSR count). The lowest BCUT2D eigenvalue weighted by Gasteiger charge is -2.42. The number of hydrogen-bond donors (Lipinski definition) is 1. The predicted molar refractivity (Wildman–Crippen MR) is 122 cm³/mol. The highest BCUT2D eigenvalue weighted by Gasteiger charge is 2.62. The quantitative estimate of drug-likeness (QED) is 0.467. The SMILES string of the molecule is Cc1cnc(Nc2ccnn2C)cc1-n1cc2c(n1)CCCn1c-2nnc1C1(C(F)(F)F)CCC1. The van der Waals surface area contributed by atoms with E-state index in [0.717, 1.165) is 28.3 Å². The van der Waals surface area contributed by atoms with E-state index in [1.165, 1.54) is 0 Å². The number of rotatable bonds is 4. The molecule has 0 unspecified atom stereocenters. The average molecular weight is 484 g/mol. The first-order valence-corrected chi connectivity index (χ1v) is 11.6. The summed E-state index contributed by atoms with van der Waals surface area (Å²) >= 11 is 0. The van der Waals surface area contributed by atoms with E-state index >= 15 is 0 Å². The van der Waals surface area contributed by atoms with Crippen LogP contribution in [0.1, 0.15) is 42.8 Å². The Balaban J connectivity index is 1.40. The van der Waals surface area contributed by atoms with Gasteiger partial charge in [0.2, 0.25) is 0 Å². The lowest BCUT2D eigenvalue weighted by atomic mass is 9.67. The van der Waals surface area contributed by atoms with Crippen molar-refractivity contribution >= 4 is 11.6 Å². The lowest BCUT2D eigenvalue weighted by molar-refractivity contribution is -0.216. The molecule has 2 aliphatic rings. The van der Waals surface area contributed by atoms with Gasteiger partial charge in [0.25, 0.3) is 0 Å². The van der Waals surface area contributed by atoms with Gasteiger partial charge >= 0.3 is 6.18 Å². The Bertz CT molecular complexity index is 1410. The molecule has 4 aromatic rings. The van der Waals surface area contributed by atoms with Crippen LogP contribution < -0.4 is 5.32 Å². The summed E-state index contributed by atoms with van der Waals surface area (Å²) < 4.78 is 47.2. The number of nitrogens with one attached hydrogen (secondary N) is 1. The minimum atomic E-state index is -4.35. The number of halogens is 3. The van der Waals surface area contributed by atoms with Gasteiger partial charge in [0.05, 0.1) is 23.1 Å². The summed E-state index contributed by atoms with van der Waals surface area (Å²) in [6.45, 7) is 2.38. The first-order valence-electron chi connectivity index (χ1n) is 11.6. The Morgan fingerprint density at radius 1 is 1.14 bits per heavy atom. The number of aromatic nitrogens is 8. The van der Waals surface area contributed by atoms with Crippen molar-refractivity contribution in [3.05, 3.63) is 47.8 Å². The number of pyridine rings is 1. The molecule has 12 heteroatoms. The normalized spacial score (nSPS) is 16.8. The van der Waals surface area contributed by atoms with Crippen molar-refractivity contribution < 1.29 is 13.2 Å².